The van der Waals surface area contributed by atoms with Crippen molar-refractivity contribution in [1.82, 2.24) is 4.72 Å². The number of nitrogens with one attached hydrogen (secondary N) is 2. The van der Waals surface area contributed by atoms with Crippen LogP contribution in [0.4, 0.5) is 5.69 Å². The van der Waals surface area contributed by atoms with Crippen molar-refractivity contribution in [3.63, 3.8) is 0 Å². The van der Waals surface area contributed by atoms with Gasteiger partial charge in [0.2, 0.25) is 15.9 Å². The lowest BCUT2D eigenvalue weighted by Gasteiger charge is -2.29. The fraction of sp³-hybridized carbons (Fsp3) is 0.500. The van der Waals surface area contributed by atoms with Gasteiger partial charge in [0.25, 0.3) is 0 Å². The largest absolute Gasteiger partial charge is 0.326 e. The van der Waals surface area contributed by atoms with Gasteiger partial charge in [-0.05, 0) is 31.5 Å². The lowest BCUT2D eigenvalue weighted by molar-refractivity contribution is -0.118. The molecule has 6 nitrogen and oxygen atoms in total. The zero-order valence-corrected chi connectivity index (χ0v) is 15.6. The number of hydrogen-bond donors (Lipinski definition) is 2. The number of thioether (sulfide) groups is 1. The Morgan fingerprint density at radius 2 is 2.12 bits per heavy atom. The van der Waals surface area contributed by atoms with Gasteiger partial charge in [-0.2, -0.15) is 0 Å². The Bertz CT molecular complexity index is 748. The van der Waals surface area contributed by atoms with Gasteiger partial charge in [-0.15, -0.1) is 11.8 Å². The molecule has 2 N–H and O–H groups in total. The van der Waals surface area contributed by atoms with Crippen LogP contribution in [0.15, 0.2) is 24.3 Å². The number of anilines is 1. The second kappa shape index (κ2) is 7.25. The summed E-state index contributed by atoms with van der Waals surface area (Å²) in [5.41, 5.74) is 1.46. The third-order valence-electron chi connectivity index (χ3n) is 3.98. The molecule has 1 heterocycles. The number of ketones is 1. The highest BCUT2D eigenvalue weighted by molar-refractivity contribution is 8.02. The summed E-state index contributed by atoms with van der Waals surface area (Å²) in [5.74, 6) is -0.0968. The third-order valence-corrected chi connectivity index (χ3v) is 6.92. The molecule has 1 amide bonds. The minimum Gasteiger partial charge on any atom is -0.326 e. The van der Waals surface area contributed by atoms with Crippen molar-refractivity contribution < 1.29 is 18.0 Å². The van der Waals surface area contributed by atoms with E-state index in [2.05, 4.69) is 10.0 Å². The Morgan fingerprint density at radius 1 is 1.42 bits per heavy atom. The normalized spacial score (nSPS) is 24.1. The third kappa shape index (κ3) is 4.37. The molecule has 0 aliphatic carbocycles. The van der Waals surface area contributed by atoms with Crippen LogP contribution in [-0.2, 0) is 24.4 Å². The van der Waals surface area contributed by atoms with Crippen molar-refractivity contribution in [1.29, 1.82) is 0 Å². The van der Waals surface area contributed by atoms with Crippen molar-refractivity contribution in [2.45, 2.75) is 37.2 Å². The molecule has 1 aliphatic heterocycles. The molecule has 24 heavy (non-hydrogen) atoms. The van der Waals surface area contributed by atoms with E-state index >= 15 is 0 Å². The summed E-state index contributed by atoms with van der Waals surface area (Å²) < 4.78 is 25.6. The molecule has 132 valence electrons. The maximum atomic E-state index is 12.2. The summed E-state index contributed by atoms with van der Waals surface area (Å²) in [6.07, 6.45) is 0.259. The zero-order chi connectivity index (χ0) is 18.0. The predicted octanol–water partition coefficient (Wildman–Crippen LogP) is 1.87. The van der Waals surface area contributed by atoms with Crippen molar-refractivity contribution in [2.24, 2.45) is 0 Å². The van der Waals surface area contributed by atoms with Gasteiger partial charge >= 0.3 is 0 Å². The van der Waals surface area contributed by atoms with Crippen LogP contribution in [-0.4, -0.2) is 37.7 Å². The summed E-state index contributed by atoms with van der Waals surface area (Å²) in [6.45, 7) is 4.98. The van der Waals surface area contributed by atoms with Gasteiger partial charge < -0.3 is 5.32 Å². The van der Waals surface area contributed by atoms with E-state index in [0.717, 1.165) is 5.56 Å². The molecule has 1 saturated heterocycles. The number of hydrogen-bond acceptors (Lipinski definition) is 5. The standard InChI is InChI=1S/C16H22N2O4S2/c1-4-24(21,22)17-10-16(9-15(20)11(2)23-16)13-6-5-7-14(8-13)18-12(3)19/h5-8,11,17H,4,9-10H2,1-3H3,(H,18,19). The van der Waals surface area contributed by atoms with Crippen molar-refractivity contribution in [3.8, 4) is 0 Å². The van der Waals surface area contributed by atoms with Crippen LogP contribution in [0.25, 0.3) is 0 Å². The van der Waals surface area contributed by atoms with Gasteiger partial charge in [-0.1, -0.05) is 12.1 Å². The predicted molar refractivity (Wildman–Crippen MR) is 96.6 cm³/mol. The van der Waals surface area contributed by atoms with E-state index in [1.165, 1.54) is 18.7 Å². The van der Waals surface area contributed by atoms with Gasteiger partial charge in [0.15, 0.2) is 0 Å². The van der Waals surface area contributed by atoms with E-state index in [0.29, 0.717) is 5.69 Å². The highest BCUT2D eigenvalue weighted by Gasteiger charge is 2.45. The number of benzene rings is 1. The molecule has 2 rings (SSSR count). The second-order valence-electron chi connectivity index (χ2n) is 5.88. The van der Waals surface area contributed by atoms with Crippen LogP contribution in [0.1, 0.15) is 32.8 Å². The van der Waals surface area contributed by atoms with Crippen molar-refractivity contribution in [3.05, 3.63) is 29.8 Å². The first-order valence-corrected chi connectivity index (χ1v) is 10.3. The highest BCUT2D eigenvalue weighted by Crippen LogP contribution is 2.48. The lowest BCUT2D eigenvalue weighted by atomic mass is 9.92. The Balaban J connectivity index is 2.36. The number of rotatable bonds is 6. The van der Waals surface area contributed by atoms with Gasteiger partial charge in [0.1, 0.15) is 5.78 Å². The van der Waals surface area contributed by atoms with Crippen LogP contribution < -0.4 is 10.0 Å². The van der Waals surface area contributed by atoms with Crippen molar-refractivity contribution >= 4 is 39.2 Å². The number of Topliss-reactive ketones (excluding diaryl/α,β-unsaturated/α-hetero) is 1. The van der Waals surface area contributed by atoms with Crippen LogP contribution in [0.2, 0.25) is 0 Å². The lowest BCUT2D eigenvalue weighted by Crippen LogP contribution is -2.38. The Hall–Kier alpha value is -1.38. The van der Waals surface area contributed by atoms with Gasteiger partial charge in [-0.25, -0.2) is 13.1 Å². The van der Waals surface area contributed by atoms with Gasteiger partial charge in [-0.3, -0.25) is 9.59 Å². The molecule has 2 atom stereocenters. The molecule has 0 spiro atoms. The summed E-state index contributed by atoms with van der Waals surface area (Å²) in [7, 11) is -3.36. The molecule has 1 fully saturated rings. The minimum absolute atomic E-state index is 0.0107. The molecule has 0 aromatic heterocycles. The summed E-state index contributed by atoms with van der Waals surface area (Å²) >= 11 is 1.46. The molecule has 1 aromatic carbocycles. The average Bonchev–Trinajstić information content (AvgIpc) is 2.81. The van der Waals surface area contributed by atoms with E-state index in [9.17, 15) is 18.0 Å². The van der Waals surface area contributed by atoms with Crippen LogP contribution in [0.3, 0.4) is 0 Å². The Kier molecular flexibility index (Phi) is 5.72. The first kappa shape index (κ1) is 19.0. The Labute approximate surface area is 146 Å². The fourth-order valence-electron chi connectivity index (χ4n) is 2.66. The zero-order valence-electron chi connectivity index (χ0n) is 14.0. The average molecular weight is 370 g/mol. The highest BCUT2D eigenvalue weighted by atomic mass is 32.2. The van der Waals surface area contributed by atoms with Crippen LogP contribution >= 0.6 is 11.8 Å². The molecular formula is C16H22N2O4S2. The summed E-state index contributed by atoms with van der Waals surface area (Å²) in [5, 5.41) is 2.53. The minimum atomic E-state index is -3.36. The quantitative estimate of drug-likeness (QED) is 0.798. The smallest absolute Gasteiger partial charge is 0.221 e. The molecule has 1 aromatic rings. The number of sulfonamides is 1. The summed E-state index contributed by atoms with van der Waals surface area (Å²) in [4.78, 5) is 23.4. The second-order valence-corrected chi connectivity index (χ2v) is 9.70. The topological polar surface area (TPSA) is 92.3 Å². The van der Waals surface area contributed by atoms with E-state index in [-0.39, 0.29) is 35.7 Å². The maximum Gasteiger partial charge on any atom is 0.221 e. The van der Waals surface area contributed by atoms with E-state index in [1.54, 1.807) is 25.1 Å². The number of amides is 1. The molecule has 0 bridgehead atoms. The van der Waals surface area contributed by atoms with Gasteiger partial charge in [0, 0.05) is 25.6 Å². The monoisotopic (exact) mass is 370 g/mol. The molecule has 0 saturated carbocycles. The molecule has 0 radical (unpaired) electrons. The van der Waals surface area contributed by atoms with E-state index in [1.807, 2.05) is 13.0 Å². The summed E-state index contributed by atoms with van der Waals surface area (Å²) in [6, 6.07) is 7.23. The van der Waals surface area contributed by atoms with E-state index in [4.69, 9.17) is 0 Å². The first-order chi connectivity index (χ1) is 11.2. The molecule has 8 heteroatoms. The Morgan fingerprint density at radius 3 is 2.67 bits per heavy atom. The van der Waals surface area contributed by atoms with Gasteiger partial charge in [0.05, 0.1) is 15.7 Å². The maximum absolute atomic E-state index is 12.2. The number of carbonyl (C=O) groups is 2. The van der Waals surface area contributed by atoms with Crippen LogP contribution in [0.5, 0.6) is 0 Å². The van der Waals surface area contributed by atoms with Crippen LogP contribution in [0, 0.1) is 0 Å². The number of carbonyl (C=O) groups excluding carboxylic acids is 2. The van der Waals surface area contributed by atoms with Crippen molar-refractivity contribution in [2.75, 3.05) is 17.6 Å². The SMILES string of the molecule is CCS(=O)(=O)NCC1(c2cccc(NC(C)=O)c2)CC(=O)C(C)S1. The molecular weight excluding hydrogens is 348 g/mol. The fourth-order valence-corrected chi connectivity index (χ4v) is 4.96. The first-order valence-electron chi connectivity index (χ1n) is 7.73. The molecule has 2 unspecified atom stereocenters. The molecule has 1 aliphatic rings. The van der Waals surface area contributed by atoms with E-state index < -0.39 is 14.8 Å².